The topological polar surface area (TPSA) is 87.7 Å². The number of rotatable bonds is 2. The summed E-state index contributed by atoms with van der Waals surface area (Å²) in [4.78, 5) is 28.2. The third-order valence-corrected chi connectivity index (χ3v) is 5.07. The van der Waals surface area contributed by atoms with Crippen molar-refractivity contribution in [3.05, 3.63) is 34.1 Å². The van der Waals surface area contributed by atoms with E-state index < -0.39 is 0 Å². The maximum Gasteiger partial charge on any atom is 0.273 e. The lowest BCUT2D eigenvalue weighted by atomic mass is 9.95. The zero-order valence-corrected chi connectivity index (χ0v) is 15.6. The Morgan fingerprint density at radius 2 is 2.00 bits per heavy atom. The molecule has 0 atom stereocenters. The molecule has 0 fully saturated rings. The molecule has 2 aromatic heterocycles. The minimum Gasteiger partial charge on any atom is -0.276 e. The van der Waals surface area contributed by atoms with Gasteiger partial charge in [-0.2, -0.15) is 5.26 Å². The first kappa shape index (κ1) is 17.6. The summed E-state index contributed by atoms with van der Waals surface area (Å²) in [6.45, 7) is 9.43. The van der Waals surface area contributed by atoms with Crippen LogP contribution in [0.5, 0.6) is 0 Å². The van der Waals surface area contributed by atoms with E-state index in [-0.39, 0.29) is 16.5 Å². The lowest BCUT2D eigenvalue weighted by molar-refractivity contribution is 0.242. The van der Waals surface area contributed by atoms with Crippen molar-refractivity contribution in [1.29, 1.82) is 5.26 Å². The molecule has 0 aliphatic carbocycles. The van der Waals surface area contributed by atoms with E-state index in [1.807, 2.05) is 33.8 Å². The highest BCUT2D eigenvalue weighted by Gasteiger charge is 2.24. The lowest BCUT2D eigenvalue weighted by Gasteiger charge is -2.27. The molecular formula is C17H20N6OS. The highest BCUT2D eigenvalue weighted by atomic mass is 32.2. The molecule has 7 nitrogen and oxygen atoms in total. The largest absolute Gasteiger partial charge is 0.276 e. The van der Waals surface area contributed by atoms with Crippen LogP contribution >= 0.6 is 11.8 Å². The van der Waals surface area contributed by atoms with Gasteiger partial charge < -0.3 is 0 Å². The first-order valence-electron chi connectivity index (χ1n) is 8.08. The van der Waals surface area contributed by atoms with Crippen LogP contribution < -0.4 is 5.56 Å². The second kappa shape index (κ2) is 6.58. The maximum atomic E-state index is 12.7. The lowest BCUT2D eigenvalue weighted by Crippen LogP contribution is -2.38. The van der Waals surface area contributed by atoms with Crippen LogP contribution in [0.4, 0.5) is 0 Å². The van der Waals surface area contributed by atoms with Gasteiger partial charge in [0.25, 0.3) is 5.56 Å². The third-order valence-electron chi connectivity index (χ3n) is 4.01. The Balaban J connectivity index is 2.10. The van der Waals surface area contributed by atoms with Crippen LogP contribution in [0, 0.1) is 11.3 Å². The van der Waals surface area contributed by atoms with Crippen LogP contribution in [0.25, 0.3) is 11.3 Å². The summed E-state index contributed by atoms with van der Waals surface area (Å²) in [6, 6.07) is 2.01. The van der Waals surface area contributed by atoms with Gasteiger partial charge in [-0.3, -0.25) is 14.3 Å². The Morgan fingerprint density at radius 1 is 1.32 bits per heavy atom. The predicted octanol–water partition coefficient (Wildman–Crippen LogP) is 2.21. The molecule has 0 aromatic carbocycles. The third kappa shape index (κ3) is 3.30. The highest BCUT2D eigenvalue weighted by Crippen LogP contribution is 2.27. The SMILES string of the molecule is CCN1CSc2nc(-c3cnc(C(C)(C)C)nc3)c(C#N)c(=O)n2C1. The van der Waals surface area contributed by atoms with Gasteiger partial charge in [-0.25, -0.2) is 15.0 Å². The number of hydrogen-bond acceptors (Lipinski definition) is 7. The van der Waals surface area contributed by atoms with Gasteiger partial charge in [0.1, 0.15) is 17.5 Å². The molecular weight excluding hydrogens is 336 g/mol. The van der Waals surface area contributed by atoms with Crippen LogP contribution in [-0.4, -0.2) is 36.8 Å². The number of hydrogen-bond donors (Lipinski definition) is 0. The van der Waals surface area contributed by atoms with E-state index in [0.29, 0.717) is 28.9 Å². The number of fused-ring (bicyclic) bond motifs is 1. The fourth-order valence-corrected chi connectivity index (χ4v) is 3.51. The van der Waals surface area contributed by atoms with Crippen molar-refractivity contribution in [2.75, 3.05) is 12.4 Å². The Bertz CT molecular complexity index is 892. The molecule has 3 heterocycles. The van der Waals surface area contributed by atoms with E-state index >= 15 is 0 Å². The molecule has 1 aliphatic heterocycles. The fourth-order valence-electron chi connectivity index (χ4n) is 2.50. The Labute approximate surface area is 150 Å². The van der Waals surface area contributed by atoms with Gasteiger partial charge in [0.05, 0.1) is 18.2 Å². The summed E-state index contributed by atoms with van der Waals surface area (Å²) in [5, 5.41) is 10.1. The first-order valence-corrected chi connectivity index (χ1v) is 9.06. The second-order valence-corrected chi connectivity index (χ2v) is 7.82. The van der Waals surface area contributed by atoms with Crippen LogP contribution in [-0.2, 0) is 12.1 Å². The molecule has 2 aromatic rings. The normalized spacial score (nSPS) is 14.8. The summed E-state index contributed by atoms with van der Waals surface area (Å²) in [5.74, 6) is 1.48. The van der Waals surface area contributed by atoms with Crippen LogP contribution in [0.2, 0.25) is 0 Å². The van der Waals surface area contributed by atoms with E-state index in [1.165, 1.54) is 11.8 Å². The zero-order chi connectivity index (χ0) is 18.2. The fraction of sp³-hybridized carbons (Fsp3) is 0.471. The molecule has 3 rings (SSSR count). The van der Waals surface area contributed by atoms with Gasteiger partial charge >= 0.3 is 0 Å². The molecule has 0 radical (unpaired) electrons. The van der Waals surface area contributed by atoms with E-state index in [4.69, 9.17) is 0 Å². The number of aromatic nitrogens is 4. The van der Waals surface area contributed by atoms with Crippen molar-refractivity contribution in [2.45, 2.75) is 44.9 Å². The monoisotopic (exact) mass is 356 g/mol. The van der Waals surface area contributed by atoms with Crippen LogP contribution in [0.15, 0.2) is 22.3 Å². The van der Waals surface area contributed by atoms with Gasteiger partial charge in [0, 0.05) is 23.4 Å². The predicted molar refractivity (Wildman–Crippen MR) is 96.0 cm³/mol. The number of nitrogens with zero attached hydrogens (tertiary/aromatic N) is 6. The van der Waals surface area contributed by atoms with E-state index in [0.717, 1.165) is 12.4 Å². The molecule has 25 heavy (non-hydrogen) atoms. The Kier molecular flexibility index (Phi) is 4.62. The van der Waals surface area contributed by atoms with Gasteiger partial charge in [-0.1, -0.05) is 39.5 Å². The maximum absolute atomic E-state index is 12.7. The van der Waals surface area contributed by atoms with Gasteiger partial charge in [-0.15, -0.1) is 0 Å². The molecule has 0 spiro atoms. The molecule has 0 saturated heterocycles. The summed E-state index contributed by atoms with van der Waals surface area (Å²) >= 11 is 1.50. The van der Waals surface area contributed by atoms with Crippen molar-refractivity contribution < 1.29 is 0 Å². The Morgan fingerprint density at radius 3 is 2.56 bits per heavy atom. The molecule has 0 unspecified atom stereocenters. The summed E-state index contributed by atoms with van der Waals surface area (Å²) < 4.78 is 1.56. The molecule has 0 bridgehead atoms. The molecule has 0 saturated carbocycles. The minimum absolute atomic E-state index is 0.0365. The average molecular weight is 356 g/mol. The molecule has 0 amide bonds. The quantitative estimate of drug-likeness (QED) is 0.762. The summed E-state index contributed by atoms with van der Waals surface area (Å²) in [7, 11) is 0. The molecule has 1 aliphatic rings. The van der Waals surface area contributed by atoms with Crippen molar-refractivity contribution in [1.82, 2.24) is 24.4 Å². The first-order chi connectivity index (χ1) is 11.8. The van der Waals surface area contributed by atoms with Crippen LogP contribution in [0.1, 0.15) is 39.1 Å². The summed E-state index contributed by atoms with van der Waals surface area (Å²) in [5.41, 5.74) is 0.501. The standard InChI is InChI=1S/C17H20N6OS/c1-5-22-9-23-14(24)12(6-18)13(21-16(23)25-10-22)11-7-19-15(20-8-11)17(2,3)4/h7-8H,5,9-10H2,1-4H3. The number of thioether (sulfide) groups is 1. The molecule has 0 N–H and O–H groups in total. The molecule has 130 valence electrons. The van der Waals surface area contributed by atoms with Gasteiger partial charge in [0.15, 0.2) is 5.16 Å². The molecule has 8 heteroatoms. The van der Waals surface area contributed by atoms with E-state index in [1.54, 1.807) is 17.0 Å². The van der Waals surface area contributed by atoms with Crippen molar-refractivity contribution >= 4 is 11.8 Å². The van der Waals surface area contributed by atoms with Gasteiger partial charge in [-0.05, 0) is 6.54 Å². The zero-order valence-electron chi connectivity index (χ0n) is 14.8. The van der Waals surface area contributed by atoms with Gasteiger partial charge in [0.2, 0.25) is 0 Å². The summed E-state index contributed by atoms with van der Waals surface area (Å²) in [6.07, 6.45) is 3.28. The van der Waals surface area contributed by atoms with Crippen molar-refractivity contribution in [2.24, 2.45) is 0 Å². The van der Waals surface area contributed by atoms with Crippen molar-refractivity contribution in [3.8, 4) is 17.3 Å². The average Bonchev–Trinajstić information content (AvgIpc) is 2.60. The highest BCUT2D eigenvalue weighted by molar-refractivity contribution is 7.99. The Hall–Kier alpha value is -2.24. The van der Waals surface area contributed by atoms with Crippen LogP contribution in [0.3, 0.4) is 0 Å². The van der Waals surface area contributed by atoms with E-state index in [2.05, 4.69) is 19.9 Å². The smallest absolute Gasteiger partial charge is 0.273 e. The van der Waals surface area contributed by atoms with Crippen molar-refractivity contribution in [3.63, 3.8) is 0 Å². The second-order valence-electron chi connectivity index (χ2n) is 6.91. The van der Waals surface area contributed by atoms with E-state index in [9.17, 15) is 10.1 Å². The number of nitriles is 1. The minimum atomic E-state index is -0.312.